The Morgan fingerprint density at radius 2 is 2.06 bits per heavy atom. The van der Waals surface area contributed by atoms with Crippen LogP contribution in [0.25, 0.3) is 0 Å². The summed E-state index contributed by atoms with van der Waals surface area (Å²) in [6, 6.07) is 4.18. The van der Waals surface area contributed by atoms with Crippen LogP contribution in [0.2, 0.25) is 0 Å². The summed E-state index contributed by atoms with van der Waals surface area (Å²) in [6.07, 6.45) is 5.25. The van der Waals surface area contributed by atoms with E-state index in [4.69, 9.17) is 0 Å². The van der Waals surface area contributed by atoms with Crippen molar-refractivity contribution in [1.82, 2.24) is 5.32 Å². The lowest BCUT2D eigenvalue weighted by Gasteiger charge is -2.26. The van der Waals surface area contributed by atoms with Crippen molar-refractivity contribution in [3.05, 3.63) is 35.4 Å². The largest absolute Gasteiger partial charge is 0.310 e. The molecule has 1 fully saturated rings. The van der Waals surface area contributed by atoms with Crippen molar-refractivity contribution in [2.45, 2.75) is 38.6 Å². The minimum Gasteiger partial charge on any atom is -0.310 e. The number of hydrogen-bond acceptors (Lipinski definition) is 1. The molecular weight excluding hydrogens is 220 g/mol. The van der Waals surface area contributed by atoms with Crippen LogP contribution in [-0.2, 0) is 0 Å². The van der Waals surface area contributed by atoms with Crippen LogP contribution in [0.5, 0.6) is 0 Å². The highest BCUT2D eigenvalue weighted by Crippen LogP contribution is 2.29. The Labute approximate surface area is 101 Å². The van der Waals surface area contributed by atoms with Gasteiger partial charge in [0.15, 0.2) is 11.6 Å². The molecule has 0 spiro atoms. The van der Waals surface area contributed by atoms with E-state index in [1.165, 1.54) is 37.8 Å². The summed E-state index contributed by atoms with van der Waals surface area (Å²) in [6.45, 7) is 2.93. The molecule has 1 aromatic carbocycles. The molecule has 94 valence electrons. The third-order valence-corrected chi connectivity index (χ3v) is 3.67. The summed E-state index contributed by atoms with van der Waals surface area (Å²) in [5, 5.41) is 3.36. The topological polar surface area (TPSA) is 12.0 Å². The third-order valence-electron chi connectivity index (χ3n) is 3.67. The van der Waals surface area contributed by atoms with Gasteiger partial charge in [-0.2, -0.15) is 0 Å². The van der Waals surface area contributed by atoms with Crippen molar-refractivity contribution in [2.75, 3.05) is 6.54 Å². The van der Waals surface area contributed by atoms with Crippen LogP contribution in [-0.4, -0.2) is 6.54 Å². The third kappa shape index (κ3) is 3.25. The molecule has 0 heterocycles. The SMILES string of the molecule is CC(NCCC1CCC1)c1ccc(F)c(F)c1. The Morgan fingerprint density at radius 3 is 2.65 bits per heavy atom. The van der Waals surface area contributed by atoms with Crippen LogP contribution < -0.4 is 5.32 Å². The van der Waals surface area contributed by atoms with Gasteiger partial charge in [0.2, 0.25) is 0 Å². The first-order chi connectivity index (χ1) is 8.16. The van der Waals surface area contributed by atoms with Crippen molar-refractivity contribution < 1.29 is 8.78 Å². The van der Waals surface area contributed by atoms with E-state index in [1.54, 1.807) is 6.07 Å². The molecule has 1 aliphatic rings. The fraction of sp³-hybridized carbons (Fsp3) is 0.571. The van der Waals surface area contributed by atoms with Crippen LogP contribution >= 0.6 is 0 Å². The minimum atomic E-state index is -0.782. The molecule has 3 heteroatoms. The van der Waals surface area contributed by atoms with Crippen LogP contribution in [0, 0.1) is 17.6 Å². The Balaban J connectivity index is 1.81. The maximum absolute atomic E-state index is 13.1. The van der Waals surface area contributed by atoms with E-state index in [0.29, 0.717) is 0 Å². The molecule has 0 bridgehead atoms. The van der Waals surface area contributed by atoms with Crippen molar-refractivity contribution in [1.29, 1.82) is 0 Å². The lowest BCUT2D eigenvalue weighted by atomic mass is 9.83. The van der Waals surface area contributed by atoms with Crippen molar-refractivity contribution in [3.63, 3.8) is 0 Å². The van der Waals surface area contributed by atoms with Gasteiger partial charge >= 0.3 is 0 Å². The Hall–Kier alpha value is -0.960. The quantitative estimate of drug-likeness (QED) is 0.824. The van der Waals surface area contributed by atoms with Gasteiger partial charge in [0.1, 0.15) is 0 Å². The molecule has 1 aliphatic carbocycles. The smallest absolute Gasteiger partial charge is 0.159 e. The summed E-state index contributed by atoms with van der Waals surface area (Å²) in [4.78, 5) is 0. The van der Waals surface area contributed by atoms with E-state index in [0.717, 1.165) is 18.0 Å². The average molecular weight is 239 g/mol. The van der Waals surface area contributed by atoms with E-state index in [1.807, 2.05) is 6.92 Å². The minimum absolute atomic E-state index is 0.0742. The van der Waals surface area contributed by atoms with Gasteiger partial charge in [0.05, 0.1) is 0 Å². The van der Waals surface area contributed by atoms with Gasteiger partial charge in [0.25, 0.3) is 0 Å². The standard InChI is InChI=1S/C14H19F2N/c1-10(17-8-7-11-3-2-4-11)12-5-6-13(15)14(16)9-12/h5-6,9-11,17H,2-4,7-8H2,1H3. The van der Waals surface area contributed by atoms with Crippen molar-refractivity contribution >= 4 is 0 Å². The summed E-state index contributed by atoms with van der Waals surface area (Å²) in [5.74, 6) is -0.676. The fourth-order valence-electron chi connectivity index (χ4n) is 2.19. The molecule has 1 aromatic rings. The van der Waals surface area contributed by atoms with Gasteiger partial charge in [-0.3, -0.25) is 0 Å². The molecule has 2 rings (SSSR count). The second-order valence-electron chi connectivity index (χ2n) is 4.93. The highest BCUT2D eigenvalue weighted by molar-refractivity contribution is 5.20. The first-order valence-corrected chi connectivity index (χ1v) is 6.35. The zero-order valence-corrected chi connectivity index (χ0v) is 10.2. The zero-order valence-electron chi connectivity index (χ0n) is 10.2. The predicted molar refractivity (Wildman–Crippen MR) is 64.7 cm³/mol. The lowest BCUT2D eigenvalue weighted by Crippen LogP contribution is -2.24. The number of nitrogens with one attached hydrogen (secondary N) is 1. The number of rotatable bonds is 5. The molecule has 17 heavy (non-hydrogen) atoms. The summed E-state index contributed by atoms with van der Waals surface area (Å²) >= 11 is 0. The molecule has 1 unspecified atom stereocenters. The molecule has 0 radical (unpaired) electrons. The van der Waals surface area contributed by atoms with Crippen LogP contribution in [0.3, 0.4) is 0 Å². The maximum Gasteiger partial charge on any atom is 0.159 e. The monoisotopic (exact) mass is 239 g/mol. The highest BCUT2D eigenvalue weighted by atomic mass is 19.2. The summed E-state index contributed by atoms with van der Waals surface area (Å²) in [7, 11) is 0. The molecule has 1 saturated carbocycles. The Kier molecular flexibility index (Phi) is 4.11. The molecule has 0 amide bonds. The Morgan fingerprint density at radius 1 is 1.29 bits per heavy atom. The predicted octanol–water partition coefficient (Wildman–Crippen LogP) is 3.81. The van der Waals surface area contributed by atoms with E-state index in [9.17, 15) is 8.78 Å². The van der Waals surface area contributed by atoms with E-state index < -0.39 is 11.6 Å². The van der Waals surface area contributed by atoms with Gasteiger partial charge in [-0.15, -0.1) is 0 Å². The van der Waals surface area contributed by atoms with Gasteiger partial charge in [-0.1, -0.05) is 25.3 Å². The zero-order chi connectivity index (χ0) is 12.3. The molecule has 1 nitrogen and oxygen atoms in total. The summed E-state index contributed by atoms with van der Waals surface area (Å²) < 4.78 is 25.8. The van der Waals surface area contributed by atoms with Gasteiger partial charge < -0.3 is 5.32 Å². The van der Waals surface area contributed by atoms with Gasteiger partial charge in [0, 0.05) is 6.04 Å². The molecule has 0 saturated heterocycles. The molecule has 0 aliphatic heterocycles. The Bertz CT molecular complexity index is 374. The van der Waals surface area contributed by atoms with Crippen molar-refractivity contribution in [2.24, 2.45) is 5.92 Å². The average Bonchev–Trinajstić information content (AvgIpc) is 2.25. The molecule has 1 atom stereocenters. The normalized spacial score (nSPS) is 17.8. The number of benzene rings is 1. The summed E-state index contributed by atoms with van der Waals surface area (Å²) in [5.41, 5.74) is 0.803. The van der Waals surface area contributed by atoms with Gasteiger partial charge in [-0.25, -0.2) is 8.78 Å². The number of halogens is 2. The van der Waals surface area contributed by atoms with Gasteiger partial charge in [-0.05, 0) is 43.5 Å². The van der Waals surface area contributed by atoms with Crippen LogP contribution in [0.1, 0.15) is 44.2 Å². The number of hydrogen-bond donors (Lipinski definition) is 1. The highest BCUT2D eigenvalue weighted by Gasteiger charge is 2.17. The van der Waals surface area contributed by atoms with E-state index >= 15 is 0 Å². The van der Waals surface area contributed by atoms with Crippen LogP contribution in [0.15, 0.2) is 18.2 Å². The van der Waals surface area contributed by atoms with E-state index in [2.05, 4.69) is 5.32 Å². The second-order valence-corrected chi connectivity index (χ2v) is 4.93. The molecule has 1 N–H and O–H groups in total. The lowest BCUT2D eigenvalue weighted by molar-refractivity contribution is 0.288. The van der Waals surface area contributed by atoms with Crippen molar-refractivity contribution in [3.8, 4) is 0 Å². The fourth-order valence-corrected chi connectivity index (χ4v) is 2.19. The second kappa shape index (κ2) is 5.58. The molecular formula is C14H19F2N. The molecule has 0 aromatic heterocycles. The van der Waals surface area contributed by atoms with Crippen LogP contribution in [0.4, 0.5) is 8.78 Å². The van der Waals surface area contributed by atoms with E-state index in [-0.39, 0.29) is 6.04 Å². The first-order valence-electron chi connectivity index (χ1n) is 6.35. The maximum atomic E-state index is 13.1. The first kappa shape index (κ1) is 12.5.